The maximum absolute atomic E-state index is 11.4. The molecule has 0 aliphatic carbocycles. The van der Waals surface area contributed by atoms with E-state index in [9.17, 15) is 26.9 Å². The fraction of sp³-hybridized carbons (Fsp3) is 0.286. The summed E-state index contributed by atoms with van der Waals surface area (Å²) >= 11 is 11.1. The lowest BCUT2D eigenvalue weighted by molar-refractivity contribution is -0.385. The highest BCUT2D eigenvalue weighted by Gasteiger charge is 2.33. The Bertz CT molecular complexity index is 715. The third-order valence-electron chi connectivity index (χ3n) is 1.88. The van der Waals surface area contributed by atoms with E-state index in [1.165, 1.54) is 0 Å². The third-order valence-corrected chi connectivity index (χ3v) is 4.82. The first-order valence-electron chi connectivity index (χ1n) is 4.31. The normalized spacial score (nSPS) is 12.4. The molecule has 1 rings (SSSR count). The summed E-state index contributed by atoms with van der Waals surface area (Å²) in [6.45, 7) is 0. The van der Waals surface area contributed by atoms with E-state index in [0.717, 1.165) is 0 Å². The summed E-state index contributed by atoms with van der Waals surface area (Å²) < 4.78 is 45.6. The molecule has 0 aliphatic heterocycles. The van der Waals surface area contributed by atoms with Crippen LogP contribution in [-0.2, 0) is 19.7 Å². The zero-order chi connectivity index (χ0) is 15.2. The molecule has 0 N–H and O–H groups in total. The Morgan fingerprint density at radius 1 is 1.00 bits per heavy atom. The van der Waals surface area contributed by atoms with E-state index in [0.29, 0.717) is 12.5 Å². The van der Waals surface area contributed by atoms with Crippen molar-refractivity contribution in [3.8, 4) is 0 Å². The molecule has 0 saturated carbocycles. The number of hydrogen-bond donors (Lipinski definition) is 0. The second-order valence-corrected chi connectivity index (χ2v) is 8.12. The zero-order valence-corrected chi connectivity index (χ0v) is 12.6. The Labute approximate surface area is 118 Å². The minimum atomic E-state index is -4.06. The van der Waals surface area contributed by atoms with E-state index in [2.05, 4.69) is 4.98 Å². The SMILES string of the molecule is CS(=O)(=O)c1nc(S(C)(=O)=O)c(Cl)c([N+](=O)[O-])c1Cl. The molecule has 0 aromatic carbocycles. The number of rotatable bonds is 3. The van der Waals surface area contributed by atoms with E-state index < -0.39 is 50.4 Å². The first kappa shape index (κ1) is 16.1. The molecule has 0 saturated heterocycles. The van der Waals surface area contributed by atoms with Gasteiger partial charge in [-0.2, -0.15) is 0 Å². The number of hydrogen-bond acceptors (Lipinski definition) is 7. The number of sulfone groups is 2. The molecule has 0 unspecified atom stereocenters. The van der Waals surface area contributed by atoms with Crippen LogP contribution in [0.5, 0.6) is 0 Å². The summed E-state index contributed by atoms with van der Waals surface area (Å²) in [5, 5.41) is 7.34. The van der Waals surface area contributed by atoms with Gasteiger partial charge in [-0.3, -0.25) is 10.1 Å². The van der Waals surface area contributed by atoms with E-state index in [1.807, 2.05) is 0 Å². The summed E-state index contributed by atoms with van der Waals surface area (Å²) in [4.78, 5) is 13.1. The molecule has 12 heteroatoms. The van der Waals surface area contributed by atoms with Crippen molar-refractivity contribution >= 4 is 48.6 Å². The Kier molecular flexibility index (Phi) is 4.11. The Hall–Kier alpha value is -0.970. The van der Waals surface area contributed by atoms with Gasteiger partial charge in [0.1, 0.15) is 0 Å². The third kappa shape index (κ3) is 3.14. The van der Waals surface area contributed by atoms with Crippen LogP contribution >= 0.6 is 23.2 Å². The highest BCUT2D eigenvalue weighted by Crippen LogP contribution is 2.39. The summed E-state index contributed by atoms with van der Waals surface area (Å²) in [6, 6.07) is 0. The second kappa shape index (κ2) is 4.85. The molecule has 106 valence electrons. The molecule has 0 fully saturated rings. The molecule has 0 spiro atoms. The predicted molar refractivity (Wildman–Crippen MR) is 67.1 cm³/mol. The standard InChI is InChI=1S/C7H6Cl2N2O6S2/c1-18(14,15)6-3(8)5(11(12)13)4(9)7(10-6)19(2,16)17/h1-2H3. The zero-order valence-electron chi connectivity index (χ0n) is 9.42. The van der Waals surface area contributed by atoms with Gasteiger partial charge in [0, 0.05) is 12.5 Å². The first-order valence-corrected chi connectivity index (χ1v) is 8.84. The summed E-state index contributed by atoms with van der Waals surface area (Å²) in [5.41, 5.74) is -1.01. The molecule has 0 bridgehead atoms. The van der Waals surface area contributed by atoms with Gasteiger partial charge in [0.25, 0.3) is 0 Å². The molecule has 1 aromatic rings. The lowest BCUT2D eigenvalue weighted by Gasteiger charge is -2.07. The molecule has 0 atom stereocenters. The Morgan fingerprint density at radius 2 is 1.32 bits per heavy atom. The molecule has 19 heavy (non-hydrogen) atoms. The van der Waals surface area contributed by atoms with Crippen LogP contribution < -0.4 is 0 Å². The molecule has 1 heterocycles. The maximum atomic E-state index is 11.4. The van der Waals surface area contributed by atoms with Crippen molar-refractivity contribution in [3.05, 3.63) is 20.2 Å². The van der Waals surface area contributed by atoms with E-state index >= 15 is 0 Å². The fourth-order valence-electron chi connectivity index (χ4n) is 1.14. The molecule has 0 amide bonds. The monoisotopic (exact) mass is 348 g/mol. The largest absolute Gasteiger partial charge is 0.312 e. The minimum absolute atomic E-state index is 0.685. The van der Waals surface area contributed by atoms with Gasteiger partial charge >= 0.3 is 5.69 Å². The van der Waals surface area contributed by atoms with Crippen LogP contribution in [0, 0.1) is 10.1 Å². The van der Waals surface area contributed by atoms with Crippen LogP contribution in [0.3, 0.4) is 0 Å². The van der Waals surface area contributed by atoms with E-state index in [-0.39, 0.29) is 0 Å². The Morgan fingerprint density at radius 3 is 1.53 bits per heavy atom. The minimum Gasteiger partial charge on any atom is -0.258 e. The number of halogens is 2. The summed E-state index contributed by atoms with van der Waals surface area (Å²) in [5.74, 6) is 0. The van der Waals surface area contributed by atoms with E-state index in [4.69, 9.17) is 23.2 Å². The molecule has 0 radical (unpaired) electrons. The number of nitrogens with zero attached hydrogens (tertiary/aromatic N) is 2. The summed E-state index contributed by atoms with van der Waals surface area (Å²) in [6.07, 6.45) is 1.37. The topological polar surface area (TPSA) is 124 Å². The number of pyridine rings is 1. The molecule has 8 nitrogen and oxygen atoms in total. The number of aromatic nitrogens is 1. The fourth-order valence-corrected chi connectivity index (χ4v) is 3.86. The van der Waals surface area contributed by atoms with Gasteiger partial charge in [-0.25, -0.2) is 21.8 Å². The van der Waals surface area contributed by atoms with Crippen molar-refractivity contribution in [2.45, 2.75) is 10.1 Å². The van der Waals surface area contributed by atoms with E-state index in [1.54, 1.807) is 0 Å². The Balaban J connectivity index is 4.03. The lowest BCUT2D eigenvalue weighted by Crippen LogP contribution is -2.11. The van der Waals surface area contributed by atoms with Crippen LogP contribution in [-0.4, -0.2) is 39.3 Å². The smallest absolute Gasteiger partial charge is 0.258 e. The first-order chi connectivity index (χ1) is 8.37. The predicted octanol–water partition coefficient (Wildman–Crippen LogP) is 1.10. The van der Waals surface area contributed by atoms with Gasteiger partial charge in [0.05, 0.1) is 4.92 Å². The average Bonchev–Trinajstić information content (AvgIpc) is 2.12. The second-order valence-electron chi connectivity index (χ2n) is 3.50. The van der Waals surface area contributed by atoms with Crippen molar-refractivity contribution in [2.24, 2.45) is 0 Å². The lowest BCUT2D eigenvalue weighted by atomic mass is 10.4. The van der Waals surface area contributed by atoms with Crippen molar-refractivity contribution in [2.75, 3.05) is 12.5 Å². The average molecular weight is 349 g/mol. The maximum Gasteiger partial charge on any atom is 0.312 e. The van der Waals surface area contributed by atoms with Gasteiger partial charge in [0.15, 0.2) is 39.8 Å². The van der Waals surface area contributed by atoms with Crippen LogP contribution in [0.2, 0.25) is 10.0 Å². The van der Waals surface area contributed by atoms with Crippen LogP contribution in [0.4, 0.5) is 5.69 Å². The van der Waals surface area contributed by atoms with Crippen LogP contribution in [0.1, 0.15) is 0 Å². The van der Waals surface area contributed by atoms with Crippen LogP contribution in [0.15, 0.2) is 10.1 Å². The highest BCUT2D eigenvalue weighted by atomic mass is 35.5. The van der Waals surface area contributed by atoms with Crippen molar-refractivity contribution < 1.29 is 21.8 Å². The molecular weight excluding hydrogens is 343 g/mol. The van der Waals surface area contributed by atoms with Gasteiger partial charge in [0.2, 0.25) is 0 Å². The van der Waals surface area contributed by atoms with Crippen molar-refractivity contribution in [3.63, 3.8) is 0 Å². The van der Waals surface area contributed by atoms with Crippen LogP contribution in [0.25, 0.3) is 0 Å². The van der Waals surface area contributed by atoms with Crippen molar-refractivity contribution in [1.29, 1.82) is 0 Å². The molecule has 0 aliphatic rings. The molecular formula is C7H6Cl2N2O6S2. The van der Waals surface area contributed by atoms with Gasteiger partial charge in [-0.1, -0.05) is 23.2 Å². The number of nitro groups is 1. The van der Waals surface area contributed by atoms with Gasteiger partial charge in [-0.15, -0.1) is 0 Å². The molecule has 1 aromatic heterocycles. The summed E-state index contributed by atoms with van der Waals surface area (Å²) in [7, 11) is -8.12. The van der Waals surface area contributed by atoms with Gasteiger partial charge < -0.3 is 0 Å². The highest BCUT2D eigenvalue weighted by molar-refractivity contribution is 7.91. The van der Waals surface area contributed by atoms with Gasteiger partial charge in [-0.05, 0) is 0 Å². The van der Waals surface area contributed by atoms with Crippen molar-refractivity contribution in [1.82, 2.24) is 4.98 Å². The quantitative estimate of drug-likeness (QED) is 0.591.